The van der Waals surface area contributed by atoms with Crippen LogP contribution in [-0.2, 0) is 0 Å². The number of para-hydroxylation sites is 1. The number of benzene rings is 2. The molecule has 0 aliphatic carbocycles. The number of nitrogens with zero attached hydrogens (tertiary/aromatic N) is 2. The Morgan fingerprint density at radius 1 is 1.18 bits per heavy atom. The van der Waals surface area contributed by atoms with E-state index in [1.54, 1.807) is 30.2 Å². The Bertz CT molecular complexity index is 928. The summed E-state index contributed by atoms with van der Waals surface area (Å²) in [5.74, 6) is 0.518. The van der Waals surface area contributed by atoms with Gasteiger partial charge >= 0.3 is 0 Å². The molecule has 0 saturated carbocycles. The molecule has 2 unspecified atom stereocenters. The third kappa shape index (κ3) is 6.83. The number of methoxy groups -OCH3 is 2. The monoisotopic (exact) mass is 576 g/mol. The number of rotatable bonds is 8. The summed E-state index contributed by atoms with van der Waals surface area (Å²) < 4.78 is 38.7. The van der Waals surface area contributed by atoms with Crippen molar-refractivity contribution in [3.63, 3.8) is 0 Å². The highest BCUT2D eigenvalue weighted by Gasteiger charge is 2.27. The lowest BCUT2D eigenvalue weighted by Gasteiger charge is -2.21. The molecule has 7 nitrogen and oxygen atoms in total. The van der Waals surface area contributed by atoms with Crippen molar-refractivity contribution in [2.75, 3.05) is 45.3 Å². The van der Waals surface area contributed by atoms with Gasteiger partial charge in [-0.2, -0.15) is 0 Å². The molecule has 3 rings (SSSR count). The van der Waals surface area contributed by atoms with Gasteiger partial charge in [0.05, 0.1) is 26.9 Å². The zero-order chi connectivity index (χ0) is 23.1. The molecule has 1 fully saturated rings. The van der Waals surface area contributed by atoms with Crippen LogP contribution in [0.25, 0.3) is 0 Å². The van der Waals surface area contributed by atoms with Crippen LogP contribution in [0.3, 0.4) is 0 Å². The van der Waals surface area contributed by atoms with Gasteiger partial charge in [0.1, 0.15) is 17.3 Å². The van der Waals surface area contributed by atoms with E-state index >= 15 is 0 Å². The first-order chi connectivity index (χ1) is 15.5. The first-order valence-electron chi connectivity index (χ1n) is 10.6. The highest BCUT2D eigenvalue weighted by atomic mass is 127. The van der Waals surface area contributed by atoms with Gasteiger partial charge in [-0.1, -0.05) is 12.1 Å². The number of anilines is 1. The van der Waals surface area contributed by atoms with E-state index < -0.39 is 17.7 Å². The van der Waals surface area contributed by atoms with E-state index in [1.165, 1.54) is 25.3 Å². The molecule has 2 aromatic rings. The Morgan fingerprint density at radius 3 is 2.52 bits per heavy atom. The largest absolute Gasteiger partial charge is 0.493 e. The number of hydrogen-bond donors (Lipinski definition) is 3. The number of aliphatic hydroxyl groups is 1. The molecule has 182 valence electrons. The lowest BCUT2D eigenvalue weighted by molar-refractivity contribution is 0.186. The molecule has 2 atom stereocenters. The summed E-state index contributed by atoms with van der Waals surface area (Å²) in [6.45, 7) is 3.68. The maximum absolute atomic E-state index is 14.1. The van der Waals surface area contributed by atoms with E-state index in [0.717, 1.165) is 0 Å². The zero-order valence-electron chi connectivity index (χ0n) is 19.0. The van der Waals surface area contributed by atoms with Crippen molar-refractivity contribution in [3.8, 4) is 11.5 Å². The topological polar surface area (TPSA) is 78.4 Å². The maximum Gasteiger partial charge on any atom is 0.191 e. The van der Waals surface area contributed by atoms with Crippen LogP contribution in [0.2, 0.25) is 0 Å². The van der Waals surface area contributed by atoms with Crippen LogP contribution in [0.15, 0.2) is 41.4 Å². The second kappa shape index (κ2) is 12.8. The summed E-state index contributed by atoms with van der Waals surface area (Å²) in [5.41, 5.74) is 0.659. The van der Waals surface area contributed by atoms with Crippen LogP contribution < -0.4 is 25.0 Å². The third-order valence-corrected chi connectivity index (χ3v) is 5.34. The minimum atomic E-state index is -0.835. The molecule has 1 aliphatic heterocycles. The quantitative estimate of drug-likeness (QED) is 0.254. The molecule has 0 spiro atoms. The fourth-order valence-electron chi connectivity index (χ4n) is 3.73. The highest BCUT2D eigenvalue weighted by molar-refractivity contribution is 14.0. The highest BCUT2D eigenvalue weighted by Crippen LogP contribution is 2.30. The van der Waals surface area contributed by atoms with E-state index in [1.807, 2.05) is 6.92 Å². The summed E-state index contributed by atoms with van der Waals surface area (Å²) in [4.78, 5) is 6.19. The van der Waals surface area contributed by atoms with Crippen LogP contribution in [0.5, 0.6) is 11.5 Å². The smallest absolute Gasteiger partial charge is 0.191 e. The second-order valence-corrected chi connectivity index (χ2v) is 7.50. The number of guanidine groups is 1. The Balaban J connectivity index is 0.00000385. The average molecular weight is 576 g/mol. The maximum atomic E-state index is 14.1. The van der Waals surface area contributed by atoms with Crippen molar-refractivity contribution >= 4 is 35.6 Å². The van der Waals surface area contributed by atoms with Crippen LogP contribution in [-0.4, -0.2) is 57.5 Å². The van der Waals surface area contributed by atoms with E-state index in [2.05, 4.69) is 15.6 Å². The number of hydrogen-bond acceptors (Lipinski definition) is 5. The molecule has 3 N–H and O–H groups in total. The van der Waals surface area contributed by atoms with E-state index in [4.69, 9.17) is 9.47 Å². The molecule has 33 heavy (non-hydrogen) atoms. The van der Waals surface area contributed by atoms with Crippen LogP contribution >= 0.6 is 24.0 Å². The molecule has 0 aromatic heterocycles. The van der Waals surface area contributed by atoms with Crippen LogP contribution in [0.4, 0.5) is 14.5 Å². The standard InChI is InChI=1S/C23H30F2N4O3.HI/c1-4-26-23(27-13-19(30)15-8-9-20(31-2)21(12-15)32-3)28-16-10-11-29(14-16)22-17(24)6-5-7-18(22)25;/h5-9,12,16,19,30H,4,10-11,13-14H2,1-3H3,(H2,26,27,28);1H. The summed E-state index contributed by atoms with van der Waals surface area (Å²) in [7, 11) is 3.09. The predicted octanol–water partition coefficient (Wildman–Crippen LogP) is 3.47. The van der Waals surface area contributed by atoms with Gasteiger partial charge < -0.3 is 30.1 Å². The van der Waals surface area contributed by atoms with Gasteiger partial charge in [0, 0.05) is 25.7 Å². The van der Waals surface area contributed by atoms with Gasteiger partial charge in [-0.05, 0) is 43.2 Å². The second-order valence-electron chi connectivity index (χ2n) is 7.50. The van der Waals surface area contributed by atoms with E-state index in [-0.39, 0.29) is 42.3 Å². The van der Waals surface area contributed by atoms with Crippen LogP contribution in [0.1, 0.15) is 25.0 Å². The Labute approximate surface area is 210 Å². The summed E-state index contributed by atoms with van der Waals surface area (Å²) >= 11 is 0. The fraction of sp³-hybridized carbons (Fsp3) is 0.435. The first kappa shape index (κ1) is 26.9. The number of nitrogens with one attached hydrogen (secondary N) is 2. The minimum absolute atomic E-state index is 0. The van der Waals surface area contributed by atoms with Crippen molar-refractivity contribution < 1.29 is 23.4 Å². The van der Waals surface area contributed by atoms with Crippen molar-refractivity contribution in [3.05, 3.63) is 53.6 Å². The molecular weight excluding hydrogens is 545 g/mol. The van der Waals surface area contributed by atoms with Gasteiger partial charge in [-0.15, -0.1) is 24.0 Å². The van der Waals surface area contributed by atoms with E-state index in [9.17, 15) is 13.9 Å². The van der Waals surface area contributed by atoms with Gasteiger partial charge in [0.2, 0.25) is 0 Å². The number of halogens is 3. The molecule has 1 saturated heterocycles. The Morgan fingerprint density at radius 2 is 1.88 bits per heavy atom. The van der Waals surface area contributed by atoms with Crippen molar-refractivity contribution in [2.45, 2.75) is 25.5 Å². The van der Waals surface area contributed by atoms with Crippen LogP contribution in [0, 0.1) is 11.6 Å². The normalized spacial score (nSPS) is 16.7. The SMILES string of the molecule is CCNC(=NCC(O)c1ccc(OC)c(OC)c1)NC1CCN(c2c(F)cccc2F)C1.I. The fourth-order valence-corrected chi connectivity index (χ4v) is 3.73. The number of aliphatic hydroxyl groups excluding tert-OH is 1. The van der Waals surface area contributed by atoms with Crippen molar-refractivity contribution in [1.29, 1.82) is 0 Å². The lowest BCUT2D eigenvalue weighted by atomic mass is 10.1. The van der Waals surface area contributed by atoms with Crippen molar-refractivity contribution in [2.24, 2.45) is 4.99 Å². The minimum Gasteiger partial charge on any atom is -0.493 e. The Hall–Kier alpha value is -2.34. The van der Waals surface area contributed by atoms with Gasteiger partial charge in [0.25, 0.3) is 0 Å². The zero-order valence-corrected chi connectivity index (χ0v) is 21.3. The molecule has 2 aromatic carbocycles. The molecule has 0 radical (unpaired) electrons. The first-order valence-corrected chi connectivity index (χ1v) is 10.6. The Kier molecular flexibility index (Phi) is 10.4. The number of aliphatic imine (C=N–C) groups is 1. The number of ether oxygens (including phenoxy) is 2. The van der Waals surface area contributed by atoms with Gasteiger partial charge in [-0.3, -0.25) is 4.99 Å². The molecule has 0 bridgehead atoms. The molecule has 0 amide bonds. The van der Waals surface area contributed by atoms with Gasteiger partial charge in [0.15, 0.2) is 17.5 Å². The van der Waals surface area contributed by atoms with Crippen molar-refractivity contribution in [1.82, 2.24) is 10.6 Å². The predicted molar refractivity (Wildman–Crippen MR) is 136 cm³/mol. The summed E-state index contributed by atoms with van der Waals surface area (Å²) in [6.07, 6.45) is -0.131. The molecular formula is C23H31F2IN4O3. The summed E-state index contributed by atoms with van der Waals surface area (Å²) in [5, 5.41) is 17.0. The lowest BCUT2D eigenvalue weighted by Crippen LogP contribution is -2.45. The average Bonchev–Trinajstić information content (AvgIpc) is 3.24. The molecule has 1 aliphatic rings. The summed E-state index contributed by atoms with van der Waals surface area (Å²) in [6, 6.07) is 9.07. The van der Waals surface area contributed by atoms with E-state index in [0.29, 0.717) is 49.1 Å². The third-order valence-electron chi connectivity index (χ3n) is 5.34. The van der Waals surface area contributed by atoms with Gasteiger partial charge in [-0.25, -0.2) is 8.78 Å². The molecule has 10 heteroatoms. The molecule has 1 heterocycles.